The van der Waals surface area contributed by atoms with Crippen LogP contribution in [0.15, 0.2) is 47.1 Å². The Bertz CT molecular complexity index is 1450. The van der Waals surface area contributed by atoms with Crippen molar-refractivity contribution in [3.8, 4) is 22.8 Å². The number of allylic oxidation sites excluding steroid dienone is 1. The minimum atomic E-state index is -4.48. The molecule has 222 valence electrons. The van der Waals surface area contributed by atoms with E-state index in [0.29, 0.717) is 41.3 Å². The van der Waals surface area contributed by atoms with Gasteiger partial charge in [-0.25, -0.2) is 4.98 Å². The SMILES string of the molecule is NC(=O)c1ncc(OCC2CCC(/C=C/c3c(-c4ccccc4C(F)(F)F)noc3C3CC3)CC2)cc1OC1CCC1. The van der Waals surface area contributed by atoms with Gasteiger partial charge >= 0.3 is 6.18 Å². The normalized spacial score (nSPS) is 21.3. The van der Waals surface area contributed by atoms with Crippen LogP contribution in [0, 0.1) is 11.8 Å². The molecule has 3 aliphatic carbocycles. The predicted octanol–water partition coefficient (Wildman–Crippen LogP) is 7.56. The number of aromatic nitrogens is 2. The van der Waals surface area contributed by atoms with Gasteiger partial charge in [-0.3, -0.25) is 4.79 Å². The van der Waals surface area contributed by atoms with Gasteiger partial charge in [0.1, 0.15) is 17.2 Å². The number of nitrogens with zero attached hydrogens (tertiary/aromatic N) is 2. The van der Waals surface area contributed by atoms with Crippen LogP contribution >= 0.6 is 0 Å². The van der Waals surface area contributed by atoms with Crippen LogP contribution in [0.2, 0.25) is 0 Å². The lowest BCUT2D eigenvalue weighted by molar-refractivity contribution is -0.137. The van der Waals surface area contributed by atoms with E-state index < -0.39 is 17.6 Å². The lowest BCUT2D eigenvalue weighted by Gasteiger charge is -2.28. The summed E-state index contributed by atoms with van der Waals surface area (Å²) in [5.41, 5.74) is 5.82. The number of primary amides is 1. The minimum Gasteiger partial charge on any atom is -0.492 e. The largest absolute Gasteiger partial charge is 0.492 e. The average molecular weight is 582 g/mol. The van der Waals surface area contributed by atoms with Crippen LogP contribution in [0.25, 0.3) is 17.3 Å². The summed E-state index contributed by atoms with van der Waals surface area (Å²) in [6, 6.07) is 7.23. The van der Waals surface area contributed by atoms with E-state index in [2.05, 4.69) is 16.2 Å². The number of ether oxygens (including phenoxy) is 2. The van der Waals surface area contributed by atoms with Gasteiger partial charge in [-0.1, -0.05) is 35.5 Å². The molecule has 0 radical (unpaired) electrons. The van der Waals surface area contributed by atoms with E-state index in [9.17, 15) is 18.0 Å². The van der Waals surface area contributed by atoms with E-state index in [1.54, 1.807) is 12.1 Å². The third-order valence-electron chi connectivity index (χ3n) is 8.51. The summed E-state index contributed by atoms with van der Waals surface area (Å²) in [6.07, 6.45) is 9.83. The number of pyridine rings is 1. The highest BCUT2D eigenvalue weighted by molar-refractivity contribution is 5.93. The fourth-order valence-corrected chi connectivity index (χ4v) is 5.68. The maximum Gasteiger partial charge on any atom is 0.417 e. The van der Waals surface area contributed by atoms with Gasteiger partial charge in [0.25, 0.3) is 5.91 Å². The van der Waals surface area contributed by atoms with Gasteiger partial charge in [-0.05, 0) is 75.7 Å². The first-order valence-corrected chi connectivity index (χ1v) is 14.7. The molecule has 2 N–H and O–H groups in total. The second-order valence-electron chi connectivity index (χ2n) is 11.6. The molecule has 0 aliphatic heterocycles. The average Bonchev–Trinajstić information content (AvgIpc) is 3.71. The Balaban J connectivity index is 1.09. The minimum absolute atomic E-state index is 0.0424. The summed E-state index contributed by atoms with van der Waals surface area (Å²) < 4.78 is 58.8. The monoisotopic (exact) mass is 581 g/mol. The van der Waals surface area contributed by atoms with Crippen molar-refractivity contribution in [3.05, 3.63) is 65.2 Å². The number of alkyl halides is 3. The molecule has 1 aromatic carbocycles. The molecule has 0 unspecified atom stereocenters. The number of amides is 1. The Morgan fingerprint density at radius 3 is 2.50 bits per heavy atom. The summed E-state index contributed by atoms with van der Waals surface area (Å²) in [5.74, 6) is 1.83. The molecule has 0 saturated heterocycles. The van der Waals surface area contributed by atoms with Gasteiger partial charge in [0.2, 0.25) is 0 Å². The molecular weight excluding hydrogens is 547 g/mol. The molecule has 0 bridgehead atoms. The van der Waals surface area contributed by atoms with Crippen LogP contribution in [0.1, 0.15) is 91.1 Å². The van der Waals surface area contributed by atoms with Crippen LogP contribution < -0.4 is 15.2 Å². The number of hydrogen-bond acceptors (Lipinski definition) is 6. The molecule has 3 saturated carbocycles. The predicted molar refractivity (Wildman–Crippen MR) is 150 cm³/mol. The Kier molecular flexibility index (Phi) is 7.96. The summed E-state index contributed by atoms with van der Waals surface area (Å²) in [4.78, 5) is 15.9. The van der Waals surface area contributed by atoms with Crippen molar-refractivity contribution in [1.29, 1.82) is 0 Å². The Morgan fingerprint density at radius 2 is 1.83 bits per heavy atom. The second-order valence-corrected chi connectivity index (χ2v) is 11.6. The molecule has 0 atom stereocenters. The molecular formula is C32H34F3N3O4. The van der Waals surface area contributed by atoms with Gasteiger partial charge in [0.05, 0.1) is 24.5 Å². The van der Waals surface area contributed by atoms with E-state index in [1.165, 1.54) is 18.3 Å². The summed E-state index contributed by atoms with van der Waals surface area (Å²) in [7, 11) is 0. The van der Waals surface area contributed by atoms with Crippen molar-refractivity contribution in [1.82, 2.24) is 10.1 Å². The molecule has 7 nitrogen and oxygen atoms in total. The number of halogens is 3. The zero-order valence-electron chi connectivity index (χ0n) is 23.2. The number of benzene rings is 1. The third-order valence-corrected chi connectivity index (χ3v) is 8.51. The number of rotatable bonds is 10. The first-order chi connectivity index (χ1) is 20.3. The van der Waals surface area contributed by atoms with E-state index in [-0.39, 0.29) is 29.0 Å². The number of hydrogen-bond donors (Lipinski definition) is 1. The number of nitrogens with two attached hydrogens (primary N) is 1. The number of carbonyl (C=O) groups excluding carboxylic acids is 1. The zero-order chi connectivity index (χ0) is 29.3. The second kappa shape index (κ2) is 11.8. The molecule has 2 heterocycles. The van der Waals surface area contributed by atoms with Gasteiger partial charge in [0, 0.05) is 23.1 Å². The maximum atomic E-state index is 13.7. The maximum absolute atomic E-state index is 13.7. The summed E-state index contributed by atoms with van der Waals surface area (Å²) in [6.45, 7) is 0.521. The van der Waals surface area contributed by atoms with Gasteiger partial charge in [-0.2, -0.15) is 13.2 Å². The molecule has 3 aromatic rings. The van der Waals surface area contributed by atoms with Crippen LogP contribution in [0.4, 0.5) is 13.2 Å². The lowest BCUT2D eigenvalue weighted by Crippen LogP contribution is -2.26. The van der Waals surface area contributed by atoms with Crippen LogP contribution in [0.3, 0.4) is 0 Å². The van der Waals surface area contributed by atoms with Crippen molar-refractivity contribution >= 4 is 12.0 Å². The molecule has 3 fully saturated rings. The molecule has 6 rings (SSSR count). The Labute approximate surface area is 242 Å². The molecule has 0 spiro atoms. The summed E-state index contributed by atoms with van der Waals surface area (Å²) in [5, 5.41) is 4.11. The first kappa shape index (κ1) is 28.3. The fourth-order valence-electron chi connectivity index (χ4n) is 5.68. The third kappa shape index (κ3) is 6.32. The van der Waals surface area contributed by atoms with Crippen molar-refractivity contribution < 1.29 is 32.0 Å². The Hall–Kier alpha value is -3.82. The highest BCUT2D eigenvalue weighted by atomic mass is 19.4. The Morgan fingerprint density at radius 1 is 1.07 bits per heavy atom. The van der Waals surface area contributed by atoms with Gasteiger partial charge in [0.15, 0.2) is 11.4 Å². The van der Waals surface area contributed by atoms with Crippen molar-refractivity contribution in [2.75, 3.05) is 6.61 Å². The molecule has 1 amide bonds. The van der Waals surface area contributed by atoms with E-state index in [1.807, 2.05) is 6.08 Å². The van der Waals surface area contributed by atoms with Gasteiger partial charge < -0.3 is 19.7 Å². The molecule has 3 aliphatic rings. The zero-order valence-corrected chi connectivity index (χ0v) is 23.2. The summed E-state index contributed by atoms with van der Waals surface area (Å²) >= 11 is 0. The van der Waals surface area contributed by atoms with E-state index in [0.717, 1.165) is 63.9 Å². The number of carbonyl (C=O) groups is 1. The van der Waals surface area contributed by atoms with E-state index in [4.69, 9.17) is 19.7 Å². The van der Waals surface area contributed by atoms with Crippen molar-refractivity contribution in [3.63, 3.8) is 0 Å². The highest BCUT2D eigenvalue weighted by Crippen LogP contribution is 2.46. The first-order valence-electron chi connectivity index (χ1n) is 14.7. The van der Waals surface area contributed by atoms with Gasteiger partial charge in [-0.15, -0.1) is 0 Å². The molecule has 2 aromatic heterocycles. The van der Waals surface area contributed by atoms with Crippen LogP contribution in [-0.4, -0.2) is 28.8 Å². The molecule has 42 heavy (non-hydrogen) atoms. The van der Waals surface area contributed by atoms with Crippen molar-refractivity contribution in [2.24, 2.45) is 17.6 Å². The highest BCUT2D eigenvalue weighted by Gasteiger charge is 2.37. The topological polar surface area (TPSA) is 100 Å². The molecule has 10 heteroatoms. The lowest BCUT2D eigenvalue weighted by atomic mass is 9.82. The quantitative estimate of drug-likeness (QED) is 0.265. The smallest absolute Gasteiger partial charge is 0.417 e. The fraction of sp³-hybridized carbons (Fsp3) is 0.469. The standard InChI is InChI=1S/C32H34F3N3O4/c33-32(34,35)26-7-2-1-6-24(26)28-25(30(42-38-28)21-13-14-21)15-12-19-8-10-20(11-9-19)18-40-23-16-27(41-22-4-3-5-22)29(31(36)39)37-17-23/h1-2,6-7,12,15-17,19-22H,3-5,8-11,13-14,18H2,(H2,36,39)/b15-12+. The van der Waals surface area contributed by atoms with Crippen molar-refractivity contribution in [2.45, 2.75) is 76.0 Å². The van der Waals surface area contributed by atoms with E-state index >= 15 is 0 Å². The van der Waals surface area contributed by atoms with Crippen LogP contribution in [-0.2, 0) is 6.18 Å². The van der Waals surface area contributed by atoms with Crippen LogP contribution in [0.5, 0.6) is 11.5 Å².